The highest BCUT2D eigenvalue weighted by Gasteiger charge is 2.29. The highest BCUT2D eigenvalue weighted by Crippen LogP contribution is 2.33. The van der Waals surface area contributed by atoms with Gasteiger partial charge in [-0.25, -0.2) is 0 Å². The molecule has 0 aliphatic heterocycles. The van der Waals surface area contributed by atoms with Crippen LogP contribution in [-0.2, 0) is 10.1 Å². The minimum atomic E-state index is -4.52. The molecule has 0 spiro atoms. The Kier molecular flexibility index (Phi) is 4.92. The van der Waals surface area contributed by atoms with Gasteiger partial charge in [-0.2, -0.15) is 13.7 Å². The van der Waals surface area contributed by atoms with E-state index in [-0.39, 0.29) is 22.1 Å². The van der Waals surface area contributed by atoms with Crippen LogP contribution in [0.5, 0.6) is 11.5 Å². The van der Waals surface area contributed by atoms with E-state index in [1.165, 1.54) is 31.4 Å². The van der Waals surface area contributed by atoms with Crippen LogP contribution in [0.15, 0.2) is 41.3 Å². The summed E-state index contributed by atoms with van der Waals surface area (Å²) in [5.41, 5.74) is -0.487. The molecule has 0 fully saturated rings. The molecule has 2 rings (SSSR count). The van der Waals surface area contributed by atoms with E-state index in [0.717, 1.165) is 12.1 Å². The second-order valence-electron chi connectivity index (χ2n) is 4.39. The van der Waals surface area contributed by atoms with Gasteiger partial charge in [0.05, 0.1) is 34.8 Å². The maximum Gasteiger partial charge on any atom is 0.346 e. The third-order valence-corrected chi connectivity index (χ3v) is 4.47. The number of benzene rings is 2. The zero-order valence-corrected chi connectivity index (χ0v) is 13.7. The molecule has 0 N–H and O–H groups in total. The number of hydrogen-bond acceptors (Lipinski definition) is 7. The van der Waals surface area contributed by atoms with Crippen molar-refractivity contribution in [2.75, 3.05) is 7.11 Å². The standard InChI is InChI=1S/C14H9ClN2O6S/c1-22-10-3-5-14(12(7-10)17(18)19)24(20,21)23-13-4-2-9(8-16)6-11(13)15/h2-7H,1H3. The van der Waals surface area contributed by atoms with E-state index in [9.17, 15) is 18.5 Å². The summed E-state index contributed by atoms with van der Waals surface area (Å²) >= 11 is 5.86. The number of nitrogens with zero attached hydrogens (tertiary/aromatic N) is 2. The Labute approximate surface area is 142 Å². The highest BCUT2D eigenvalue weighted by molar-refractivity contribution is 7.87. The fourth-order valence-electron chi connectivity index (χ4n) is 1.78. The molecule has 24 heavy (non-hydrogen) atoms. The summed E-state index contributed by atoms with van der Waals surface area (Å²) in [4.78, 5) is 9.60. The Morgan fingerprint density at radius 3 is 2.50 bits per heavy atom. The van der Waals surface area contributed by atoms with Gasteiger partial charge in [0, 0.05) is 0 Å². The fourth-order valence-corrected chi connectivity index (χ4v) is 3.14. The quantitative estimate of drug-likeness (QED) is 0.452. The lowest BCUT2D eigenvalue weighted by molar-refractivity contribution is -0.388. The van der Waals surface area contributed by atoms with Crippen molar-refractivity contribution < 1.29 is 22.3 Å². The first-order valence-electron chi connectivity index (χ1n) is 6.25. The molecule has 0 radical (unpaired) electrons. The molecule has 0 bridgehead atoms. The van der Waals surface area contributed by atoms with E-state index in [2.05, 4.69) is 0 Å². The first-order valence-corrected chi connectivity index (χ1v) is 8.03. The number of halogens is 1. The molecule has 0 aliphatic carbocycles. The maximum atomic E-state index is 12.3. The van der Waals surface area contributed by atoms with Gasteiger partial charge in [0.25, 0.3) is 5.69 Å². The highest BCUT2D eigenvalue weighted by atomic mass is 35.5. The average Bonchev–Trinajstić information content (AvgIpc) is 2.55. The topological polar surface area (TPSA) is 120 Å². The monoisotopic (exact) mass is 368 g/mol. The summed E-state index contributed by atoms with van der Waals surface area (Å²) in [6.07, 6.45) is 0. The summed E-state index contributed by atoms with van der Waals surface area (Å²) in [6.45, 7) is 0. The van der Waals surface area contributed by atoms with Crippen LogP contribution in [0, 0.1) is 21.4 Å². The molecule has 2 aromatic carbocycles. The lowest BCUT2D eigenvalue weighted by Crippen LogP contribution is -2.12. The molecule has 0 aromatic heterocycles. The maximum absolute atomic E-state index is 12.3. The van der Waals surface area contributed by atoms with E-state index in [1.54, 1.807) is 0 Å². The fraction of sp³-hybridized carbons (Fsp3) is 0.0714. The predicted molar refractivity (Wildman–Crippen MR) is 83.6 cm³/mol. The zero-order chi connectivity index (χ0) is 17.9. The van der Waals surface area contributed by atoms with Gasteiger partial charge in [-0.05, 0) is 30.3 Å². The molecule has 10 heteroatoms. The van der Waals surface area contributed by atoms with E-state index in [0.29, 0.717) is 0 Å². The van der Waals surface area contributed by atoms with Crippen molar-refractivity contribution in [1.82, 2.24) is 0 Å². The van der Waals surface area contributed by atoms with Gasteiger partial charge in [0.1, 0.15) is 5.75 Å². The molecule has 0 saturated carbocycles. The van der Waals surface area contributed by atoms with Gasteiger partial charge in [0.2, 0.25) is 0 Å². The second-order valence-corrected chi connectivity index (χ2v) is 6.31. The van der Waals surface area contributed by atoms with Gasteiger partial charge in [-0.15, -0.1) is 0 Å². The number of nitro groups is 1. The predicted octanol–water partition coefficient (Wildman–Crippen LogP) is 2.90. The van der Waals surface area contributed by atoms with Crippen LogP contribution in [0.3, 0.4) is 0 Å². The molecule has 0 saturated heterocycles. The molecule has 2 aromatic rings. The van der Waals surface area contributed by atoms with Crippen molar-refractivity contribution in [2.24, 2.45) is 0 Å². The number of rotatable bonds is 5. The van der Waals surface area contributed by atoms with Crippen molar-refractivity contribution in [3.05, 3.63) is 57.1 Å². The summed E-state index contributed by atoms with van der Waals surface area (Å²) in [6, 6.07) is 8.77. The van der Waals surface area contributed by atoms with E-state index < -0.39 is 25.6 Å². The molecule has 0 atom stereocenters. The van der Waals surface area contributed by atoms with Gasteiger partial charge in [-0.3, -0.25) is 10.1 Å². The largest absolute Gasteiger partial charge is 0.497 e. The molecular weight excluding hydrogens is 360 g/mol. The van der Waals surface area contributed by atoms with Gasteiger partial charge in [0.15, 0.2) is 10.6 Å². The van der Waals surface area contributed by atoms with Crippen molar-refractivity contribution in [1.29, 1.82) is 5.26 Å². The van der Waals surface area contributed by atoms with Crippen molar-refractivity contribution in [3.63, 3.8) is 0 Å². The summed E-state index contributed by atoms with van der Waals surface area (Å²) < 4.78 is 34.4. The van der Waals surface area contributed by atoms with Crippen LogP contribution < -0.4 is 8.92 Å². The third-order valence-electron chi connectivity index (χ3n) is 2.89. The van der Waals surface area contributed by atoms with E-state index >= 15 is 0 Å². The zero-order valence-electron chi connectivity index (χ0n) is 12.1. The molecule has 8 nitrogen and oxygen atoms in total. The first kappa shape index (κ1) is 17.5. The molecule has 0 heterocycles. The molecule has 0 unspecified atom stereocenters. The number of ether oxygens (including phenoxy) is 1. The van der Waals surface area contributed by atoms with Crippen LogP contribution in [0.1, 0.15) is 5.56 Å². The van der Waals surface area contributed by atoms with Gasteiger partial charge in [-0.1, -0.05) is 11.6 Å². The SMILES string of the molecule is COc1ccc(S(=O)(=O)Oc2ccc(C#N)cc2Cl)c([N+](=O)[O-])c1. The van der Waals surface area contributed by atoms with Crippen LogP contribution in [-0.4, -0.2) is 20.5 Å². The van der Waals surface area contributed by atoms with Crippen molar-refractivity contribution >= 4 is 27.4 Å². The normalized spacial score (nSPS) is 10.7. The smallest absolute Gasteiger partial charge is 0.346 e. The summed E-state index contributed by atoms with van der Waals surface area (Å²) in [5.74, 6) is -0.127. The molecule has 124 valence electrons. The Morgan fingerprint density at radius 1 is 1.25 bits per heavy atom. The van der Waals surface area contributed by atoms with Crippen LogP contribution in [0.25, 0.3) is 0 Å². The Hall–Kier alpha value is -2.83. The minimum absolute atomic E-state index is 0.117. The van der Waals surface area contributed by atoms with Crippen LogP contribution >= 0.6 is 11.6 Å². The molecule has 0 amide bonds. The van der Waals surface area contributed by atoms with Crippen molar-refractivity contribution in [2.45, 2.75) is 4.90 Å². The second kappa shape index (κ2) is 6.74. The average molecular weight is 369 g/mol. The number of hydrogen-bond donors (Lipinski definition) is 0. The third kappa shape index (κ3) is 3.56. The molecular formula is C14H9ClN2O6S. The van der Waals surface area contributed by atoms with Crippen LogP contribution in [0.4, 0.5) is 5.69 Å². The first-order chi connectivity index (χ1) is 11.3. The van der Waals surface area contributed by atoms with Crippen molar-refractivity contribution in [3.8, 4) is 17.6 Å². The lowest BCUT2D eigenvalue weighted by atomic mass is 10.2. The molecule has 0 aliphatic rings. The van der Waals surface area contributed by atoms with Gasteiger partial charge >= 0.3 is 10.1 Å². The summed E-state index contributed by atoms with van der Waals surface area (Å²) in [5, 5.41) is 19.7. The van der Waals surface area contributed by atoms with E-state index in [4.69, 9.17) is 25.8 Å². The van der Waals surface area contributed by atoms with Crippen LogP contribution in [0.2, 0.25) is 5.02 Å². The minimum Gasteiger partial charge on any atom is -0.497 e. The van der Waals surface area contributed by atoms with E-state index in [1.807, 2.05) is 6.07 Å². The number of nitriles is 1. The summed E-state index contributed by atoms with van der Waals surface area (Å²) in [7, 11) is -3.23. The lowest BCUT2D eigenvalue weighted by Gasteiger charge is -2.09. The van der Waals surface area contributed by atoms with Gasteiger partial charge < -0.3 is 8.92 Å². The number of nitro benzene ring substituents is 1. The Bertz CT molecular complexity index is 952. The number of methoxy groups -OCH3 is 1. The Balaban J connectivity index is 2.48. The Morgan fingerprint density at radius 2 is 1.96 bits per heavy atom.